The average molecular weight is 662 g/mol. The van der Waals surface area contributed by atoms with Crippen LogP contribution in [-0.2, 0) is 4.79 Å². The summed E-state index contributed by atoms with van der Waals surface area (Å²) in [4.78, 5) is 12.5. The van der Waals surface area contributed by atoms with Crippen LogP contribution in [-0.4, -0.2) is 57.3 Å². The molecule has 0 aromatic heterocycles. The van der Waals surface area contributed by atoms with Crippen LogP contribution in [0, 0.1) is 0 Å². The zero-order valence-electron chi connectivity index (χ0n) is 30.5. The molecule has 5 N–H and O–H groups in total. The van der Waals surface area contributed by atoms with Crippen LogP contribution >= 0.6 is 0 Å². The van der Waals surface area contributed by atoms with Gasteiger partial charge in [0, 0.05) is 0 Å². The van der Waals surface area contributed by atoms with Gasteiger partial charge in [0.25, 0.3) is 0 Å². The monoisotopic (exact) mass is 662 g/mol. The van der Waals surface area contributed by atoms with Gasteiger partial charge in [-0.3, -0.25) is 4.79 Å². The van der Waals surface area contributed by atoms with Crippen molar-refractivity contribution in [2.75, 3.05) is 6.61 Å². The van der Waals surface area contributed by atoms with E-state index in [4.69, 9.17) is 0 Å². The SMILES string of the molecule is CCCC/C=C/CC/C=C/CC/C=C/CCCC(O)C(O)C(CO)NC(=O)C(O)CCCCCCCC/C=C\CCCCCCCC. The van der Waals surface area contributed by atoms with E-state index < -0.39 is 36.9 Å². The summed E-state index contributed by atoms with van der Waals surface area (Å²) in [5.74, 6) is -0.608. The molecule has 274 valence electrons. The Balaban J connectivity index is 3.90. The van der Waals surface area contributed by atoms with Crippen LogP contribution < -0.4 is 5.32 Å². The molecule has 0 aromatic rings. The number of carbonyl (C=O) groups excluding carboxylic acids is 1. The lowest BCUT2D eigenvalue weighted by Gasteiger charge is -2.27. The van der Waals surface area contributed by atoms with Gasteiger partial charge in [-0.2, -0.15) is 0 Å². The molecule has 4 atom stereocenters. The second kappa shape index (κ2) is 35.6. The third kappa shape index (κ3) is 30.1. The Kier molecular flexibility index (Phi) is 34.3. The van der Waals surface area contributed by atoms with E-state index in [-0.39, 0.29) is 0 Å². The lowest BCUT2D eigenvalue weighted by molar-refractivity contribution is -0.132. The topological polar surface area (TPSA) is 110 Å². The van der Waals surface area contributed by atoms with E-state index in [1.807, 2.05) is 0 Å². The Bertz CT molecular complexity index is 793. The van der Waals surface area contributed by atoms with Crippen molar-refractivity contribution in [3.05, 3.63) is 48.6 Å². The maximum atomic E-state index is 12.5. The zero-order chi connectivity index (χ0) is 34.6. The molecule has 0 rings (SSSR count). The highest BCUT2D eigenvalue weighted by Gasteiger charge is 2.28. The number of carbonyl (C=O) groups is 1. The highest BCUT2D eigenvalue weighted by Crippen LogP contribution is 2.13. The average Bonchev–Trinajstić information content (AvgIpc) is 3.07. The van der Waals surface area contributed by atoms with Gasteiger partial charge in [-0.1, -0.05) is 140 Å². The molecular formula is C41H75NO5. The highest BCUT2D eigenvalue weighted by atomic mass is 16.3. The second-order valence-electron chi connectivity index (χ2n) is 13.2. The molecule has 0 bridgehead atoms. The Morgan fingerprint density at radius 3 is 1.40 bits per heavy atom. The largest absolute Gasteiger partial charge is 0.394 e. The number of aliphatic hydroxyl groups is 4. The van der Waals surface area contributed by atoms with Crippen molar-refractivity contribution in [3.8, 4) is 0 Å². The first-order valence-corrected chi connectivity index (χ1v) is 19.5. The van der Waals surface area contributed by atoms with E-state index in [1.165, 1.54) is 77.0 Å². The van der Waals surface area contributed by atoms with Crippen molar-refractivity contribution in [2.24, 2.45) is 0 Å². The maximum Gasteiger partial charge on any atom is 0.249 e. The minimum absolute atomic E-state index is 0.350. The Morgan fingerprint density at radius 1 is 0.511 bits per heavy atom. The fraction of sp³-hybridized carbons (Fsp3) is 0.780. The van der Waals surface area contributed by atoms with E-state index in [0.29, 0.717) is 19.3 Å². The molecular weight excluding hydrogens is 586 g/mol. The molecule has 0 aromatic carbocycles. The van der Waals surface area contributed by atoms with Gasteiger partial charge in [-0.15, -0.1) is 0 Å². The van der Waals surface area contributed by atoms with Gasteiger partial charge in [-0.05, 0) is 83.5 Å². The summed E-state index contributed by atoms with van der Waals surface area (Å²) in [5.41, 5.74) is 0. The first-order chi connectivity index (χ1) is 23.0. The second-order valence-corrected chi connectivity index (χ2v) is 13.2. The summed E-state index contributed by atoms with van der Waals surface area (Å²) in [7, 11) is 0. The van der Waals surface area contributed by atoms with Crippen LogP contribution in [0.2, 0.25) is 0 Å². The molecule has 0 radical (unpaired) electrons. The zero-order valence-corrected chi connectivity index (χ0v) is 30.5. The van der Waals surface area contributed by atoms with E-state index in [1.54, 1.807) is 0 Å². The van der Waals surface area contributed by atoms with Crippen molar-refractivity contribution in [1.82, 2.24) is 5.32 Å². The summed E-state index contributed by atoms with van der Waals surface area (Å²) in [6.07, 6.45) is 41.3. The Morgan fingerprint density at radius 2 is 0.915 bits per heavy atom. The van der Waals surface area contributed by atoms with E-state index >= 15 is 0 Å². The number of hydrogen-bond acceptors (Lipinski definition) is 5. The van der Waals surface area contributed by atoms with Crippen molar-refractivity contribution in [3.63, 3.8) is 0 Å². The molecule has 0 aliphatic carbocycles. The molecule has 47 heavy (non-hydrogen) atoms. The summed E-state index contributed by atoms with van der Waals surface area (Å²) in [6, 6.07) is -1.01. The van der Waals surface area contributed by atoms with Crippen LogP contribution in [0.1, 0.15) is 174 Å². The molecule has 6 heteroatoms. The predicted octanol–water partition coefficient (Wildman–Crippen LogP) is 9.56. The van der Waals surface area contributed by atoms with Gasteiger partial charge in [0.1, 0.15) is 12.2 Å². The van der Waals surface area contributed by atoms with Crippen LogP contribution in [0.25, 0.3) is 0 Å². The molecule has 0 saturated carbocycles. The highest BCUT2D eigenvalue weighted by molar-refractivity contribution is 5.80. The van der Waals surface area contributed by atoms with Crippen LogP contribution in [0.4, 0.5) is 0 Å². The van der Waals surface area contributed by atoms with E-state index in [0.717, 1.165) is 64.2 Å². The van der Waals surface area contributed by atoms with Crippen LogP contribution in [0.5, 0.6) is 0 Å². The number of nitrogens with one attached hydrogen (secondary N) is 1. The minimum Gasteiger partial charge on any atom is -0.394 e. The van der Waals surface area contributed by atoms with Gasteiger partial charge in [-0.25, -0.2) is 0 Å². The number of hydrogen-bond donors (Lipinski definition) is 5. The molecule has 0 spiro atoms. The van der Waals surface area contributed by atoms with Gasteiger partial charge in [0.2, 0.25) is 5.91 Å². The fourth-order valence-corrected chi connectivity index (χ4v) is 5.53. The van der Waals surface area contributed by atoms with Crippen molar-refractivity contribution in [1.29, 1.82) is 0 Å². The van der Waals surface area contributed by atoms with Crippen LogP contribution in [0.3, 0.4) is 0 Å². The maximum absolute atomic E-state index is 12.5. The lowest BCUT2D eigenvalue weighted by Crippen LogP contribution is -2.53. The van der Waals surface area contributed by atoms with Gasteiger partial charge in [0.05, 0.1) is 18.8 Å². The summed E-state index contributed by atoms with van der Waals surface area (Å²) in [5, 5.41) is 43.5. The molecule has 0 fully saturated rings. The fourth-order valence-electron chi connectivity index (χ4n) is 5.53. The first-order valence-electron chi connectivity index (χ1n) is 19.5. The third-order valence-corrected chi connectivity index (χ3v) is 8.72. The molecule has 4 unspecified atom stereocenters. The number of unbranched alkanes of at least 4 members (excludes halogenated alkanes) is 17. The molecule has 1 amide bonds. The van der Waals surface area contributed by atoms with Crippen molar-refractivity contribution >= 4 is 5.91 Å². The number of amides is 1. The predicted molar refractivity (Wildman–Crippen MR) is 200 cm³/mol. The minimum atomic E-state index is -1.29. The lowest BCUT2D eigenvalue weighted by atomic mass is 10.00. The number of rotatable bonds is 34. The quantitative estimate of drug-likeness (QED) is 0.0349. The van der Waals surface area contributed by atoms with Gasteiger partial charge in [0.15, 0.2) is 0 Å². The number of allylic oxidation sites excluding steroid dienone is 8. The van der Waals surface area contributed by atoms with Crippen LogP contribution in [0.15, 0.2) is 48.6 Å². The molecule has 0 aliphatic rings. The molecule has 0 heterocycles. The summed E-state index contributed by atoms with van der Waals surface area (Å²) >= 11 is 0. The normalized spacial score (nSPS) is 14.9. The third-order valence-electron chi connectivity index (χ3n) is 8.72. The van der Waals surface area contributed by atoms with Gasteiger partial charge < -0.3 is 25.7 Å². The van der Waals surface area contributed by atoms with E-state index in [2.05, 4.69) is 67.8 Å². The molecule has 0 saturated heterocycles. The summed E-state index contributed by atoms with van der Waals surface area (Å²) < 4.78 is 0. The molecule has 6 nitrogen and oxygen atoms in total. The first kappa shape index (κ1) is 45.3. The molecule has 0 aliphatic heterocycles. The van der Waals surface area contributed by atoms with Crippen molar-refractivity contribution < 1.29 is 25.2 Å². The standard InChI is InChI=1S/C41H75NO5/c1-3-5-7-9-11-13-15-17-19-21-23-25-27-29-31-33-35-39(45)41(47)42-37(36-43)40(46)38(44)34-32-30-28-26-24-22-20-18-16-14-12-10-8-6-4-2/h10,12,17-20,26,28,37-40,43-46H,3-9,11,13-16,21-25,27,29-36H2,1-2H3,(H,42,47)/b12-10+,19-17-,20-18+,28-26+. The number of aliphatic hydroxyl groups excluding tert-OH is 4. The van der Waals surface area contributed by atoms with Crippen molar-refractivity contribution in [2.45, 2.75) is 199 Å². The summed E-state index contributed by atoms with van der Waals surface area (Å²) in [6.45, 7) is 3.96. The van der Waals surface area contributed by atoms with E-state index in [9.17, 15) is 25.2 Å². The Labute approximate surface area is 289 Å². The van der Waals surface area contributed by atoms with Gasteiger partial charge >= 0.3 is 0 Å². The smallest absolute Gasteiger partial charge is 0.249 e. The Hall–Kier alpha value is -1.73.